The van der Waals surface area contributed by atoms with Crippen LogP contribution in [-0.4, -0.2) is 20.1 Å². The first-order chi connectivity index (χ1) is 9.72. The molecule has 2 heteroatoms. The highest BCUT2D eigenvalue weighted by Crippen LogP contribution is 2.46. The molecule has 1 saturated heterocycles. The van der Waals surface area contributed by atoms with Crippen molar-refractivity contribution < 1.29 is 0 Å². The number of benzene rings is 1. The van der Waals surface area contributed by atoms with E-state index >= 15 is 0 Å². The van der Waals surface area contributed by atoms with Crippen LogP contribution in [0.25, 0.3) is 0 Å². The van der Waals surface area contributed by atoms with Gasteiger partial charge in [-0.2, -0.15) is 0 Å². The van der Waals surface area contributed by atoms with Crippen molar-refractivity contribution >= 4 is 5.69 Å². The predicted molar refractivity (Wildman–Crippen MR) is 86.3 cm³/mol. The summed E-state index contributed by atoms with van der Waals surface area (Å²) in [6, 6.07) is 9.59. The fourth-order valence-electron chi connectivity index (χ4n) is 4.00. The van der Waals surface area contributed by atoms with Gasteiger partial charge in [0.15, 0.2) is 0 Å². The molecule has 1 atom stereocenters. The van der Waals surface area contributed by atoms with E-state index in [1.165, 1.54) is 62.9 Å². The van der Waals surface area contributed by atoms with Crippen LogP contribution in [-0.2, 0) is 0 Å². The molecule has 0 amide bonds. The highest BCUT2D eigenvalue weighted by Gasteiger charge is 2.36. The summed E-state index contributed by atoms with van der Waals surface area (Å²) in [7, 11) is 2.02. The van der Waals surface area contributed by atoms with Gasteiger partial charge in [-0.3, -0.25) is 0 Å². The Bertz CT molecular complexity index is 421. The summed E-state index contributed by atoms with van der Waals surface area (Å²) in [5.74, 6) is 0. The molecule has 3 rings (SSSR count). The molecule has 0 aromatic heterocycles. The van der Waals surface area contributed by atoms with Crippen LogP contribution < -0.4 is 10.2 Å². The molecule has 1 N–H and O–H groups in total. The molecule has 20 heavy (non-hydrogen) atoms. The summed E-state index contributed by atoms with van der Waals surface area (Å²) in [5, 5.41) is 3.30. The van der Waals surface area contributed by atoms with Crippen molar-refractivity contribution in [3.63, 3.8) is 0 Å². The van der Waals surface area contributed by atoms with Gasteiger partial charge in [-0.15, -0.1) is 0 Å². The largest absolute Gasteiger partial charge is 0.371 e. The lowest BCUT2D eigenvalue weighted by Gasteiger charge is -2.40. The van der Waals surface area contributed by atoms with Gasteiger partial charge in [0.25, 0.3) is 0 Å². The summed E-state index contributed by atoms with van der Waals surface area (Å²) in [6.45, 7) is 4.71. The monoisotopic (exact) mass is 272 g/mol. The molecule has 2 nitrogen and oxygen atoms in total. The Hall–Kier alpha value is -1.02. The molecule has 1 spiro atoms. The van der Waals surface area contributed by atoms with E-state index in [0.29, 0.717) is 6.04 Å². The second-order valence-corrected chi connectivity index (χ2v) is 6.80. The fraction of sp³-hybridized carbons (Fsp3) is 0.667. The standard InChI is InChI=1S/C18H28N2/c1-15(19-2)16-5-7-17(8-6-16)20-13-11-18(12-14-20)9-3-4-10-18/h5-8,15,19H,3-4,9-14H2,1-2H3. The summed E-state index contributed by atoms with van der Waals surface area (Å²) >= 11 is 0. The molecule has 1 aromatic carbocycles. The van der Waals surface area contributed by atoms with Gasteiger partial charge >= 0.3 is 0 Å². The third-order valence-corrected chi connectivity index (χ3v) is 5.68. The highest BCUT2D eigenvalue weighted by molar-refractivity contribution is 5.48. The molecule has 2 fully saturated rings. The molecule has 0 radical (unpaired) electrons. The van der Waals surface area contributed by atoms with E-state index in [1.807, 2.05) is 7.05 Å². The van der Waals surface area contributed by atoms with Crippen molar-refractivity contribution in [1.29, 1.82) is 0 Å². The molecule has 1 saturated carbocycles. The zero-order chi connectivity index (χ0) is 14.0. The number of rotatable bonds is 3. The Morgan fingerprint density at radius 3 is 2.15 bits per heavy atom. The lowest BCUT2D eigenvalue weighted by atomic mass is 9.77. The molecule has 0 bridgehead atoms. The van der Waals surface area contributed by atoms with Crippen LogP contribution in [0.15, 0.2) is 24.3 Å². The molecule has 1 aliphatic heterocycles. The van der Waals surface area contributed by atoms with Gasteiger partial charge in [-0.05, 0) is 62.8 Å². The quantitative estimate of drug-likeness (QED) is 0.890. The molecule has 2 aliphatic rings. The Balaban J connectivity index is 1.63. The molecular formula is C18H28N2. The van der Waals surface area contributed by atoms with E-state index in [1.54, 1.807) is 0 Å². The van der Waals surface area contributed by atoms with Crippen molar-refractivity contribution in [1.82, 2.24) is 5.32 Å². The lowest BCUT2D eigenvalue weighted by Crippen LogP contribution is -2.38. The van der Waals surface area contributed by atoms with E-state index in [9.17, 15) is 0 Å². The normalized spacial score (nSPS) is 23.2. The van der Waals surface area contributed by atoms with E-state index in [4.69, 9.17) is 0 Å². The maximum Gasteiger partial charge on any atom is 0.0366 e. The Morgan fingerprint density at radius 2 is 1.60 bits per heavy atom. The minimum atomic E-state index is 0.437. The van der Waals surface area contributed by atoms with Gasteiger partial charge in [0.1, 0.15) is 0 Å². The van der Waals surface area contributed by atoms with Crippen LogP contribution in [0.2, 0.25) is 0 Å². The van der Waals surface area contributed by atoms with Crippen LogP contribution in [0.4, 0.5) is 5.69 Å². The second kappa shape index (κ2) is 5.77. The molecule has 1 heterocycles. The van der Waals surface area contributed by atoms with Gasteiger partial charge in [0, 0.05) is 24.8 Å². The Kier molecular flexibility index (Phi) is 4.02. The van der Waals surface area contributed by atoms with E-state index in [-0.39, 0.29) is 0 Å². The topological polar surface area (TPSA) is 15.3 Å². The van der Waals surface area contributed by atoms with E-state index in [2.05, 4.69) is 41.4 Å². The maximum absolute atomic E-state index is 3.30. The minimum Gasteiger partial charge on any atom is -0.371 e. The van der Waals surface area contributed by atoms with Gasteiger partial charge < -0.3 is 10.2 Å². The molecule has 110 valence electrons. The lowest BCUT2D eigenvalue weighted by molar-refractivity contribution is 0.226. The summed E-state index contributed by atoms with van der Waals surface area (Å²) < 4.78 is 0. The van der Waals surface area contributed by atoms with Crippen LogP contribution in [0.5, 0.6) is 0 Å². The smallest absolute Gasteiger partial charge is 0.0366 e. The molecule has 1 aromatic rings. The Labute approximate surface area is 123 Å². The first-order valence-corrected chi connectivity index (χ1v) is 8.25. The Morgan fingerprint density at radius 1 is 1.00 bits per heavy atom. The molecule has 1 unspecified atom stereocenters. The van der Waals surface area contributed by atoms with Crippen molar-refractivity contribution in [2.75, 3.05) is 25.0 Å². The second-order valence-electron chi connectivity index (χ2n) is 6.80. The van der Waals surface area contributed by atoms with Gasteiger partial charge in [-0.1, -0.05) is 25.0 Å². The van der Waals surface area contributed by atoms with Crippen molar-refractivity contribution in [2.45, 2.75) is 51.5 Å². The number of hydrogen-bond donors (Lipinski definition) is 1. The molecular weight excluding hydrogens is 244 g/mol. The van der Waals surface area contributed by atoms with Gasteiger partial charge in [0.2, 0.25) is 0 Å². The van der Waals surface area contributed by atoms with E-state index < -0.39 is 0 Å². The number of hydrogen-bond acceptors (Lipinski definition) is 2. The third-order valence-electron chi connectivity index (χ3n) is 5.68. The number of nitrogens with one attached hydrogen (secondary N) is 1. The minimum absolute atomic E-state index is 0.437. The van der Waals surface area contributed by atoms with Crippen LogP contribution in [0.3, 0.4) is 0 Å². The maximum atomic E-state index is 3.30. The predicted octanol–water partition coefficient (Wildman–Crippen LogP) is 4.13. The van der Waals surface area contributed by atoms with Gasteiger partial charge in [-0.25, -0.2) is 0 Å². The van der Waals surface area contributed by atoms with Crippen molar-refractivity contribution in [3.05, 3.63) is 29.8 Å². The fourth-order valence-corrected chi connectivity index (χ4v) is 4.00. The molecule has 1 aliphatic carbocycles. The number of anilines is 1. The first kappa shape index (κ1) is 13.9. The summed E-state index contributed by atoms with van der Waals surface area (Å²) in [6.07, 6.45) is 8.72. The highest BCUT2D eigenvalue weighted by atomic mass is 15.1. The number of nitrogens with zero attached hydrogens (tertiary/aromatic N) is 1. The third kappa shape index (κ3) is 2.71. The summed E-state index contributed by atoms with van der Waals surface area (Å²) in [4.78, 5) is 2.58. The zero-order valence-electron chi connectivity index (χ0n) is 13.0. The summed E-state index contributed by atoms with van der Waals surface area (Å²) in [5.41, 5.74) is 3.50. The van der Waals surface area contributed by atoms with Crippen LogP contribution in [0, 0.1) is 5.41 Å². The SMILES string of the molecule is CNC(C)c1ccc(N2CCC3(CCCC3)CC2)cc1. The average Bonchev–Trinajstić information content (AvgIpc) is 2.96. The number of piperidine rings is 1. The van der Waals surface area contributed by atoms with Gasteiger partial charge in [0.05, 0.1) is 0 Å². The van der Waals surface area contributed by atoms with Crippen molar-refractivity contribution in [2.24, 2.45) is 5.41 Å². The van der Waals surface area contributed by atoms with Crippen LogP contribution >= 0.6 is 0 Å². The zero-order valence-corrected chi connectivity index (χ0v) is 13.0. The average molecular weight is 272 g/mol. The first-order valence-electron chi connectivity index (χ1n) is 8.25. The van der Waals surface area contributed by atoms with Crippen molar-refractivity contribution in [3.8, 4) is 0 Å². The van der Waals surface area contributed by atoms with E-state index in [0.717, 1.165) is 5.41 Å². The van der Waals surface area contributed by atoms with Crippen LogP contribution in [0.1, 0.15) is 57.1 Å².